The van der Waals surface area contributed by atoms with Crippen LogP contribution in [0.1, 0.15) is 31.8 Å². The van der Waals surface area contributed by atoms with Gasteiger partial charge in [0.1, 0.15) is 0 Å². The zero-order chi connectivity index (χ0) is 24.9. The third kappa shape index (κ3) is 3.93. The van der Waals surface area contributed by atoms with E-state index in [9.17, 15) is 35.9 Å². The molecule has 2 unspecified atom stereocenters. The summed E-state index contributed by atoms with van der Waals surface area (Å²) in [5.41, 5.74) is -4.95. The van der Waals surface area contributed by atoms with Crippen LogP contribution in [0, 0.1) is 0 Å². The molecule has 2 aliphatic heterocycles. The van der Waals surface area contributed by atoms with Gasteiger partial charge in [0.05, 0.1) is 5.56 Å². The number of esters is 1. The van der Waals surface area contributed by atoms with Crippen molar-refractivity contribution in [3.05, 3.63) is 70.8 Å². The Kier molecular flexibility index (Phi) is 5.29. The maximum Gasteiger partial charge on any atom is 0.422 e. The molecule has 2 heterocycles. The average molecular weight is 483 g/mol. The molecule has 0 aliphatic carbocycles. The quantitative estimate of drug-likeness (QED) is 0.350. The van der Waals surface area contributed by atoms with Gasteiger partial charge >= 0.3 is 18.3 Å². The Hall–Kier alpha value is -3.70. The number of carbonyl (C=O) groups excluding carboxylic acids is 2. The van der Waals surface area contributed by atoms with Crippen molar-refractivity contribution >= 4 is 24.3 Å². The summed E-state index contributed by atoms with van der Waals surface area (Å²) in [6.07, 6.45) is -7.62. The molecule has 0 saturated heterocycles. The van der Waals surface area contributed by atoms with Gasteiger partial charge in [-0.3, -0.25) is 14.8 Å². The van der Waals surface area contributed by atoms with Gasteiger partial charge in [0, 0.05) is 25.0 Å². The molecule has 0 aromatic heterocycles. The summed E-state index contributed by atoms with van der Waals surface area (Å²) >= 11 is 0. The van der Waals surface area contributed by atoms with Crippen molar-refractivity contribution < 1.29 is 40.7 Å². The van der Waals surface area contributed by atoms with Crippen LogP contribution in [0.3, 0.4) is 0 Å². The topological polar surface area (TPSA) is 71.3 Å². The molecule has 0 N–H and O–H groups in total. The molecule has 0 spiro atoms. The predicted molar refractivity (Wildman–Crippen MR) is 108 cm³/mol. The second-order valence-corrected chi connectivity index (χ2v) is 7.76. The molecule has 12 heteroatoms. The minimum absolute atomic E-state index is 0.0335. The van der Waals surface area contributed by atoms with Crippen molar-refractivity contribution in [1.29, 1.82) is 0 Å². The van der Waals surface area contributed by atoms with Crippen LogP contribution < -0.4 is 0 Å². The third-order valence-corrected chi connectivity index (χ3v) is 5.51. The summed E-state index contributed by atoms with van der Waals surface area (Å²) in [7, 11) is 1.31. The normalized spacial score (nSPS) is 22.9. The minimum atomic E-state index is -4.59. The summed E-state index contributed by atoms with van der Waals surface area (Å²) < 4.78 is 83.6. The highest BCUT2D eigenvalue weighted by atomic mass is 19.4. The average Bonchev–Trinajstić information content (AvgIpc) is 3.69. The fourth-order valence-corrected chi connectivity index (χ4v) is 3.29. The van der Waals surface area contributed by atoms with Crippen molar-refractivity contribution in [2.45, 2.75) is 23.4 Å². The number of rotatable bonds is 6. The van der Waals surface area contributed by atoms with E-state index in [1.54, 1.807) is 0 Å². The van der Waals surface area contributed by atoms with Gasteiger partial charge in [-0.1, -0.05) is 24.3 Å². The maximum absolute atomic E-state index is 13.1. The Labute approximate surface area is 188 Å². The zero-order valence-electron chi connectivity index (χ0n) is 17.3. The van der Waals surface area contributed by atoms with E-state index in [1.807, 2.05) is 0 Å². The highest BCUT2D eigenvalue weighted by molar-refractivity contribution is 5.95. The van der Waals surface area contributed by atoms with Crippen LogP contribution in [0.2, 0.25) is 0 Å². The molecule has 6 nitrogen and oxygen atoms in total. The second kappa shape index (κ2) is 7.67. The molecule has 2 aromatic carbocycles. The fourth-order valence-electron chi connectivity index (χ4n) is 3.29. The third-order valence-electron chi connectivity index (χ3n) is 5.51. The Morgan fingerprint density at radius 1 is 0.794 bits per heavy atom. The number of hydrogen-bond acceptors (Lipinski definition) is 5. The maximum atomic E-state index is 13.1. The molecule has 34 heavy (non-hydrogen) atoms. The van der Waals surface area contributed by atoms with Crippen molar-refractivity contribution in [3.8, 4) is 0 Å². The van der Waals surface area contributed by atoms with Gasteiger partial charge < -0.3 is 9.64 Å². The molecule has 4 rings (SSSR count). The first kappa shape index (κ1) is 23.5. The van der Waals surface area contributed by atoms with Gasteiger partial charge in [0.2, 0.25) is 11.1 Å². The van der Waals surface area contributed by atoms with Crippen molar-refractivity contribution in [3.63, 3.8) is 0 Å². The first-order valence-corrected chi connectivity index (χ1v) is 9.71. The zero-order valence-corrected chi connectivity index (χ0v) is 17.3. The van der Waals surface area contributed by atoms with Crippen molar-refractivity contribution in [2.24, 2.45) is 9.98 Å². The summed E-state index contributed by atoms with van der Waals surface area (Å²) in [5.74, 6) is -1.50. The van der Waals surface area contributed by atoms with E-state index in [4.69, 9.17) is 4.74 Å². The number of aliphatic imine (C=N–C) groups is 2. The minimum Gasteiger partial charge on any atom is -0.441 e. The summed E-state index contributed by atoms with van der Waals surface area (Å²) in [4.78, 5) is 32.4. The van der Waals surface area contributed by atoms with Crippen LogP contribution >= 0.6 is 0 Å². The van der Waals surface area contributed by atoms with Gasteiger partial charge in [0.15, 0.2) is 6.73 Å². The Balaban J connectivity index is 1.34. The molecule has 2 aromatic rings. The van der Waals surface area contributed by atoms with E-state index in [2.05, 4.69) is 9.98 Å². The SMILES string of the molecule is CN(COC(=O)c1ccc(C2(C(F)(F)F)C=N2)cc1)C(=O)c1ccc(C2(C(F)(F)F)C=N2)cc1. The highest BCUT2D eigenvalue weighted by Crippen LogP contribution is 2.48. The number of alkyl halides is 6. The second-order valence-electron chi connectivity index (χ2n) is 7.76. The van der Waals surface area contributed by atoms with Crippen LogP contribution in [0.5, 0.6) is 0 Å². The number of hydrogen-bond donors (Lipinski definition) is 0. The smallest absolute Gasteiger partial charge is 0.422 e. The van der Waals surface area contributed by atoms with Gasteiger partial charge in [-0.25, -0.2) is 4.79 Å². The summed E-state index contributed by atoms with van der Waals surface area (Å²) in [6.45, 7) is -0.494. The van der Waals surface area contributed by atoms with Crippen LogP contribution in [0.15, 0.2) is 58.5 Å². The number of ether oxygens (including phenoxy) is 1. The largest absolute Gasteiger partial charge is 0.441 e. The van der Waals surface area contributed by atoms with E-state index < -0.39 is 42.0 Å². The van der Waals surface area contributed by atoms with Crippen molar-refractivity contribution in [1.82, 2.24) is 4.90 Å². The van der Waals surface area contributed by atoms with Gasteiger partial charge in [-0.15, -0.1) is 0 Å². The van der Waals surface area contributed by atoms with Gasteiger partial charge in [-0.05, 0) is 35.4 Å². The number of carbonyl (C=O) groups is 2. The molecule has 0 radical (unpaired) electrons. The number of halogens is 6. The monoisotopic (exact) mass is 483 g/mol. The lowest BCUT2D eigenvalue weighted by Gasteiger charge is -2.20. The first-order valence-electron chi connectivity index (χ1n) is 9.71. The van der Waals surface area contributed by atoms with Crippen molar-refractivity contribution in [2.75, 3.05) is 13.8 Å². The van der Waals surface area contributed by atoms with Crippen LogP contribution in [-0.2, 0) is 15.8 Å². The number of nitrogens with zero attached hydrogens (tertiary/aromatic N) is 3. The molecule has 178 valence electrons. The lowest BCUT2D eigenvalue weighted by Crippen LogP contribution is -2.32. The van der Waals surface area contributed by atoms with E-state index >= 15 is 0 Å². The molecular weight excluding hydrogens is 468 g/mol. The standard InChI is InChI=1S/C22H15F6N3O3/c1-31(17(32)13-2-6-15(7-3-13)19(10-29-19)21(23,24)25)12-34-18(33)14-4-8-16(9-5-14)20(11-30-20)22(26,27)28/h2-11H,12H2,1H3. The fraction of sp³-hybridized carbons (Fsp3) is 0.273. The van der Waals surface area contributed by atoms with E-state index in [-0.39, 0.29) is 22.3 Å². The molecule has 2 atom stereocenters. The highest BCUT2D eigenvalue weighted by Gasteiger charge is 2.62. The first-order chi connectivity index (χ1) is 15.8. The lowest BCUT2D eigenvalue weighted by molar-refractivity contribution is -0.156. The molecule has 0 fully saturated rings. The van der Waals surface area contributed by atoms with E-state index in [0.717, 1.165) is 53.7 Å². The van der Waals surface area contributed by atoms with Crippen LogP contribution in [0.25, 0.3) is 0 Å². The summed E-state index contributed by atoms with van der Waals surface area (Å²) in [6, 6.07) is 9.25. The number of amides is 1. The van der Waals surface area contributed by atoms with E-state index in [0.29, 0.717) is 0 Å². The molecular formula is C22H15F6N3O3. The van der Waals surface area contributed by atoms with Crippen LogP contribution in [0.4, 0.5) is 26.3 Å². The van der Waals surface area contributed by atoms with E-state index in [1.165, 1.54) is 19.2 Å². The molecule has 1 amide bonds. The Morgan fingerprint density at radius 2 is 1.18 bits per heavy atom. The summed E-state index contributed by atoms with van der Waals surface area (Å²) in [5, 5.41) is 0. The molecule has 2 aliphatic rings. The van der Waals surface area contributed by atoms with Gasteiger partial charge in [0.25, 0.3) is 5.91 Å². The predicted octanol–water partition coefficient (Wildman–Crippen LogP) is 4.26. The molecule has 0 saturated carbocycles. The van der Waals surface area contributed by atoms with Crippen LogP contribution in [-0.4, -0.2) is 55.3 Å². The Bertz CT molecular complexity index is 1170. The Morgan fingerprint density at radius 3 is 1.53 bits per heavy atom. The lowest BCUT2D eigenvalue weighted by atomic mass is 9.96. The van der Waals surface area contributed by atoms with Gasteiger partial charge in [-0.2, -0.15) is 26.3 Å². The number of benzene rings is 2. The molecule has 0 bridgehead atoms.